The molecule has 0 bridgehead atoms. The first-order valence-electron chi connectivity index (χ1n) is 11.7. The molecule has 0 amide bonds. The Morgan fingerprint density at radius 2 is 1.40 bits per heavy atom. The lowest BCUT2D eigenvalue weighted by molar-refractivity contribution is 0.708. The fourth-order valence-electron chi connectivity index (χ4n) is 5.21. The van der Waals surface area contributed by atoms with E-state index in [-0.39, 0.29) is 17.3 Å². The third kappa shape index (κ3) is 3.03. The number of para-hydroxylation sites is 2. The molecule has 2 aromatic heterocycles. The van der Waals surface area contributed by atoms with Crippen molar-refractivity contribution in [3.8, 4) is 16.9 Å². The average molecular weight is 463 g/mol. The van der Waals surface area contributed by atoms with Crippen LogP contribution in [-0.4, -0.2) is 13.7 Å². The van der Waals surface area contributed by atoms with Gasteiger partial charge in [-0.15, -0.1) is 0 Å². The first-order chi connectivity index (χ1) is 16.9. The summed E-state index contributed by atoms with van der Waals surface area (Å²) < 4.78 is 4.98. The summed E-state index contributed by atoms with van der Waals surface area (Å²) in [7, 11) is 3.29. The van der Waals surface area contributed by atoms with E-state index in [1.807, 2.05) is 31.2 Å². The van der Waals surface area contributed by atoms with Gasteiger partial charge >= 0.3 is 5.69 Å². The zero-order valence-corrected chi connectivity index (χ0v) is 20.2. The molecule has 0 spiro atoms. The van der Waals surface area contributed by atoms with Crippen molar-refractivity contribution >= 4 is 16.6 Å². The van der Waals surface area contributed by atoms with Gasteiger partial charge in [-0.1, -0.05) is 71.8 Å². The van der Waals surface area contributed by atoms with Gasteiger partial charge in [-0.05, 0) is 37.1 Å². The van der Waals surface area contributed by atoms with E-state index in [4.69, 9.17) is 0 Å². The summed E-state index contributed by atoms with van der Waals surface area (Å²) in [6.07, 6.45) is 0. The minimum absolute atomic E-state index is 0.245. The minimum atomic E-state index is -0.340. The molecule has 0 saturated heterocycles. The Bertz CT molecular complexity index is 1740. The second-order valence-corrected chi connectivity index (χ2v) is 9.37. The van der Waals surface area contributed by atoms with Crippen LogP contribution < -0.4 is 16.6 Å². The molecule has 6 rings (SSSR count). The molecular formula is C29H26N4O2. The van der Waals surface area contributed by atoms with E-state index in [9.17, 15) is 9.59 Å². The number of aromatic nitrogens is 3. The number of nitrogens with zero attached hydrogens (tertiary/aromatic N) is 3. The SMILES string of the molecule is Cc1ccc(-c2c3c(=O)n(C)c(=O)n(C)c3c3n2-c2ccccc2N[C@H]3c2ccc(C)cc2)cc1. The van der Waals surface area contributed by atoms with Crippen molar-refractivity contribution in [1.29, 1.82) is 0 Å². The highest BCUT2D eigenvalue weighted by Gasteiger charge is 2.34. The number of hydrogen-bond donors (Lipinski definition) is 1. The zero-order chi connectivity index (χ0) is 24.4. The Balaban J connectivity index is 1.85. The van der Waals surface area contributed by atoms with Crippen LogP contribution in [0.25, 0.3) is 27.8 Å². The Labute approximate surface area is 202 Å². The first kappa shape index (κ1) is 21.2. The number of fused-ring (bicyclic) bond motifs is 5. The van der Waals surface area contributed by atoms with Crippen LogP contribution in [0.4, 0.5) is 5.69 Å². The fourth-order valence-corrected chi connectivity index (χ4v) is 5.21. The molecular weight excluding hydrogens is 436 g/mol. The topological polar surface area (TPSA) is 61.0 Å². The van der Waals surface area contributed by atoms with Crippen molar-refractivity contribution in [2.24, 2.45) is 14.1 Å². The normalized spacial score (nSPS) is 14.5. The summed E-state index contributed by atoms with van der Waals surface area (Å²) in [5, 5.41) is 4.24. The van der Waals surface area contributed by atoms with Crippen molar-refractivity contribution in [2.75, 3.05) is 5.32 Å². The van der Waals surface area contributed by atoms with Crippen molar-refractivity contribution in [3.63, 3.8) is 0 Å². The third-order valence-electron chi connectivity index (χ3n) is 7.06. The average Bonchev–Trinajstić information content (AvgIpc) is 3.23. The molecule has 0 saturated carbocycles. The summed E-state index contributed by atoms with van der Waals surface area (Å²) in [5.41, 5.74) is 7.95. The van der Waals surface area contributed by atoms with Gasteiger partial charge in [-0.2, -0.15) is 0 Å². The maximum atomic E-state index is 13.7. The maximum absolute atomic E-state index is 13.7. The third-order valence-corrected chi connectivity index (χ3v) is 7.06. The lowest BCUT2D eigenvalue weighted by atomic mass is 9.98. The molecule has 1 N–H and O–H groups in total. The molecule has 1 aliphatic rings. The predicted molar refractivity (Wildman–Crippen MR) is 141 cm³/mol. The fraction of sp³-hybridized carbons (Fsp3) is 0.172. The molecule has 1 aliphatic heterocycles. The highest BCUT2D eigenvalue weighted by Crippen LogP contribution is 2.45. The smallest absolute Gasteiger partial charge is 0.331 e. The minimum Gasteiger partial charge on any atom is -0.371 e. The lowest BCUT2D eigenvalue weighted by Crippen LogP contribution is -2.37. The van der Waals surface area contributed by atoms with Crippen LogP contribution in [0.3, 0.4) is 0 Å². The van der Waals surface area contributed by atoms with E-state index in [1.165, 1.54) is 10.1 Å². The molecule has 6 nitrogen and oxygen atoms in total. The second-order valence-electron chi connectivity index (χ2n) is 9.37. The van der Waals surface area contributed by atoms with Crippen molar-refractivity contribution in [1.82, 2.24) is 13.7 Å². The quantitative estimate of drug-likeness (QED) is 0.409. The first-order valence-corrected chi connectivity index (χ1v) is 11.7. The molecule has 0 unspecified atom stereocenters. The number of aryl methyl sites for hydroxylation is 3. The van der Waals surface area contributed by atoms with Gasteiger partial charge in [0.05, 0.1) is 39.7 Å². The van der Waals surface area contributed by atoms with Crippen LogP contribution in [0.5, 0.6) is 0 Å². The molecule has 0 aliphatic carbocycles. The maximum Gasteiger partial charge on any atom is 0.331 e. The molecule has 1 atom stereocenters. The van der Waals surface area contributed by atoms with Gasteiger partial charge in [0, 0.05) is 14.1 Å². The highest BCUT2D eigenvalue weighted by atomic mass is 16.2. The van der Waals surface area contributed by atoms with Crippen molar-refractivity contribution in [2.45, 2.75) is 19.9 Å². The van der Waals surface area contributed by atoms with Gasteiger partial charge in [-0.3, -0.25) is 13.9 Å². The summed E-state index contributed by atoms with van der Waals surface area (Å²) in [6, 6.07) is 24.5. The van der Waals surface area contributed by atoms with E-state index in [2.05, 4.69) is 65.3 Å². The van der Waals surface area contributed by atoms with Gasteiger partial charge in [0.1, 0.15) is 0 Å². The molecule has 5 aromatic rings. The van der Waals surface area contributed by atoms with E-state index in [0.717, 1.165) is 39.5 Å². The van der Waals surface area contributed by atoms with Gasteiger partial charge in [-0.25, -0.2) is 4.79 Å². The number of rotatable bonds is 2. The van der Waals surface area contributed by atoms with Gasteiger partial charge in [0.25, 0.3) is 5.56 Å². The lowest BCUT2D eigenvalue weighted by Gasteiger charge is -2.31. The number of nitrogens with one attached hydrogen (secondary N) is 1. The van der Waals surface area contributed by atoms with E-state index in [0.29, 0.717) is 10.9 Å². The molecule has 3 heterocycles. The van der Waals surface area contributed by atoms with Crippen LogP contribution in [0.15, 0.2) is 82.4 Å². The Morgan fingerprint density at radius 1 is 0.771 bits per heavy atom. The van der Waals surface area contributed by atoms with Crippen LogP contribution in [0, 0.1) is 13.8 Å². The second kappa shape index (κ2) is 7.60. The van der Waals surface area contributed by atoms with Crippen molar-refractivity contribution in [3.05, 3.63) is 116 Å². The largest absolute Gasteiger partial charge is 0.371 e. The van der Waals surface area contributed by atoms with Gasteiger partial charge < -0.3 is 9.88 Å². The molecule has 174 valence electrons. The Morgan fingerprint density at radius 3 is 2.09 bits per heavy atom. The van der Waals surface area contributed by atoms with Crippen LogP contribution in [-0.2, 0) is 14.1 Å². The summed E-state index contributed by atoms with van der Waals surface area (Å²) in [6.45, 7) is 4.11. The predicted octanol–water partition coefficient (Wildman–Crippen LogP) is 4.83. The van der Waals surface area contributed by atoms with Crippen LogP contribution >= 0.6 is 0 Å². The Hall–Kier alpha value is -4.32. The summed E-state index contributed by atoms with van der Waals surface area (Å²) >= 11 is 0. The van der Waals surface area contributed by atoms with E-state index < -0.39 is 0 Å². The molecule has 0 fully saturated rings. The van der Waals surface area contributed by atoms with Gasteiger partial charge in [0.2, 0.25) is 0 Å². The summed E-state index contributed by atoms with van der Waals surface area (Å²) in [4.78, 5) is 26.8. The Kier molecular flexibility index (Phi) is 4.61. The number of benzene rings is 3. The van der Waals surface area contributed by atoms with E-state index >= 15 is 0 Å². The summed E-state index contributed by atoms with van der Waals surface area (Å²) in [5.74, 6) is 0. The molecule has 3 aromatic carbocycles. The molecule has 6 heteroatoms. The monoisotopic (exact) mass is 462 g/mol. The van der Waals surface area contributed by atoms with Crippen LogP contribution in [0.1, 0.15) is 28.4 Å². The number of hydrogen-bond acceptors (Lipinski definition) is 3. The van der Waals surface area contributed by atoms with E-state index in [1.54, 1.807) is 18.7 Å². The highest BCUT2D eigenvalue weighted by molar-refractivity contribution is 5.99. The standard InChI is InChI=1S/C29H26N4O2/c1-17-9-13-19(14-10-17)24-27-26-23(28(34)32(4)29(35)31(26)3)25(20-15-11-18(2)12-16-20)33(27)22-8-6-5-7-21(22)30-24/h5-16,24,30H,1-4H3/t24-/m0/s1. The molecule has 0 radical (unpaired) electrons. The van der Waals surface area contributed by atoms with Gasteiger partial charge in [0.15, 0.2) is 0 Å². The molecule has 35 heavy (non-hydrogen) atoms. The number of anilines is 1. The van der Waals surface area contributed by atoms with Crippen molar-refractivity contribution < 1.29 is 0 Å². The van der Waals surface area contributed by atoms with Crippen LogP contribution in [0.2, 0.25) is 0 Å². The zero-order valence-electron chi connectivity index (χ0n) is 20.2.